The van der Waals surface area contributed by atoms with Gasteiger partial charge in [0.15, 0.2) is 5.60 Å². The number of ether oxygens (including phenoxy) is 1. The lowest BCUT2D eigenvalue weighted by Gasteiger charge is -2.57. The van der Waals surface area contributed by atoms with Gasteiger partial charge in [-0.05, 0) is 67.4 Å². The highest BCUT2D eigenvalue weighted by molar-refractivity contribution is 5.96. The number of aliphatic hydroxyl groups excluding tert-OH is 1. The monoisotopic (exact) mass is 464 g/mol. The normalized spacial score (nSPS) is 41.1. The van der Waals surface area contributed by atoms with Gasteiger partial charge in [0.25, 0.3) is 0 Å². The number of ketones is 2. The number of carbonyl (C=O) groups excluding carboxylic acids is 3. The van der Waals surface area contributed by atoms with Crippen molar-refractivity contribution in [2.24, 2.45) is 34.5 Å². The number of Topliss-reactive ketones (excluding diaryl/α,β-unsaturated/α-hetero) is 2. The highest BCUT2D eigenvalue weighted by atomic mass is 16.6. The quantitative estimate of drug-likeness (QED) is 0.505. The second kappa shape index (κ2) is 8.15. The molecule has 1 N–H and O–H groups in total. The highest BCUT2D eigenvalue weighted by Crippen LogP contribution is 2.68. The fourth-order valence-corrected chi connectivity index (χ4v) is 8.41. The topological polar surface area (TPSA) is 80.7 Å². The summed E-state index contributed by atoms with van der Waals surface area (Å²) in [6.45, 7) is 5.79. The Morgan fingerprint density at radius 2 is 1.88 bits per heavy atom. The minimum Gasteiger partial charge on any atom is -0.446 e. The first-order chi connectivity index (χ1) is 16.2. The molecule has 0 unspecified atom stereocenters. The van der Waals surface area contributed by atoms with E-state index in [1.165, 1.54) is 5.57 Å². The second-order valence-electron chi connectivity index (χ2n) is 11.6. The molecule has 0 saturated heterocycles. The highest BCUT2D eigenvalue weighted by Gasteiger charge is 2.70. The Labute approximate surface area is 202 Å². The molecule has 0 aromatic heterocycles. The number of allylic oxidation sites excluding steroid dienone is 2. The van der Waals surface area contributed by atoms with E-state index in [4.69, 9.17) is 4.74 Å². The Morgan fingerprint density at radius 1 is 1.15 bits per heavy atom. The predicted molar refractivity (Wildman–Crippen MR) is 128 cm³/mol. The van der Waals surface area contributed by atoms with E-state index in [-0.39, 0.29) is 17.3 Å². The molecule has 0 bridgehead atoms. The van der Waals surface area contributed by atoms with Crippen LogP contribution in [0, 0.1) is 34.5 Å². The van der Waals surface area contributed by atoms with Gasteiger partial charge in [-0.1, -0.05) is 50.6 Å². The average molecular weight is 465 g/mol. The number of benzene rings is 1. The van der Waals surface area contributed by atoms with Gasteiger partial charge in [0.05, 0.1) is 5.56 Å². The van der Waals surface area contributed by atoms with Gasteiger partial charge >= 0.3 is 5.97 Å². The van der Waals surface area contributed by atoms with Gasteiger partial charge in [-0.2, -0.15) is 0 Å². The van der Waals surface area contributed by atoms with Gasteiger partial charge in [0.2, 0.25) is 5.78 Å². The number of fused-ring (bicyclic) bond motifs is 5. The third-order valence-electron chi connectivity index (χ3n) is 10.2. The van der Waals surface area contributed by atoms with Gasteiger partial charge in [0, 0.05) is 24.2 Å². The minimum absolute atomic E-state index is 0.0361. The van der Waals surface area contributed by atoms with Crippen LogP contribution >= 0.6 is 0 Å². The van der Waals surface area contributed by atoms with Crippen molar-refractivity contribution in [2.75, 3.05) is 6.61 Å². The zero-order valence-corrected chi connectivity index (χ0v) is 20.5. The Hall–Kier alpha value is -2.27. The molecule has 5 nitrogen and oxygen atoms in total. The van der Waals surface area contributed by atoms with E-state index in [9.17, 15) is 19.5 Å². The zero-order chi connectivity index (χ0) is 24.3. The summed E-state index contributed by atoms with van der Waals surface area (Å²) in [5.41, 5.74) is -0.0273. The lowest BCUT2D eigenvalue weighted by molar-refractivity contribution is -0.163. The number of esters is 1. The summed E-state index contributed by atoms with van der Waals surface area (Å²) in [4.78, 5) is 38.9. The largest absolute Gasteiger partial charge is 0.446 e. The summed E-state index contributed by atoms with van der Waals surface area (Å²) >= 11 is 0. The van der Waals surface area contributed by atoms with E-state index >= 15 is 0 Å². The summed E-state index contributed by atoms with van der Waals surface area (Å²) in [6, 6.07) is 8.80. The Kier molecular flexibility index (Phi) is 5.63. The second-order valence-corrected chi connectivity index (χ2v) is 11.6. The molecule has 0 aliphatic heterocycles. The Morgan fingerprint density at radius 3 is 2.59 bits per heavy atom. The number of hydrogen-bond acceptors (Lipinski definition) is 5. The van der Waals surface area contributed by atoms with E-state index in [1.807, 2.05) is 13.0 Å². The average Bonchev–Trinajstić information content (AvgIpc) is 3.06. The molecule has 3 saturated carbocycles. The molecule has 5 heteroatoms. The Balaban J connectivity index is 1.55. The molecule has 0 amide bonds. The molecule has 1 aromatic carbocycles. The molecule has 0 heterocycles. The van der Waals surface area contributed by atoms with Crippen LogP contribution in [-0.4, -0.2) is 34.9 Å². The van der Waals surface area contributed by atoms with Crippen LogP contribution in [0.1, 0.15) is 76.1 Å². The van der Waals surface area contributed by atoms with Crippen LogP contribution in [0.3, 0.4) is 0 Å². The number of carbonyl (C=O) groups is 3. The van der Waals surface area contributed by atoms with Gasteiger partial charge in [-0.15, -0.1) is 0 Å². The zero-order valence-electron chi connectivity index (χ0n) is 20.5. The lowest BCUT2D eigenvalue weighted by atomic mass is 9.48. The molecule has 5 rings (SSSR count). The molecule has 4 aliphatic carbocycles. The summed E-state index contributed by atoms with van der Waals surface area (Å²) < 4.78 is 6.23. The standard InChI is InChI=1S/C29H36O5/c1-18-15-24-22-10-9-20-16-21(31)11-13-27(20,2)23(22)12-14-28(24,3)29(18,25(32)17-30)34-26(33)19-7-5-4-6-8-19/h4-8,12,18,20,22,24,30H,9-11,13-17H2,1-3H3/t18-,20+,22-,24+,27+,28+,29-/m1/s1. The van der Waals surface area contributed by atoms with Gasteiger partial charge in [0.1, 0.15) is 12.4 Å². The molecule has 0 radical (unpaired) electrons. The number of rotatable bonds is 4. The first kappa shape index (κ1) is 23.5. The fraction of sp³-hybridized carbons (Fsp3) is 0.621. The molecule has 34 heavy (non-hydrogen) atoms. The van der Waals surface area contributed by atoms with Crippen molar-refractivity contribution < 1.29 is 24.2 Å². The van der Waals surface area contributed by atoms with Gasteiger partial charge in [-0.25, -0.2) is 4.79 Å². The van der Waals surface area contributed by atoms with Gasteiger partial charge in [-0.3, -0.25) is 9.59 Å². The minimum atomic E-state index is -1.36. The van der Waals surface area contributed by atoms with E-state index in [2.05, 4.69) is 19.9 Å². The van der Waals surface area contributed by atoms with Crippen LogP contribution in [0.2, 0.25) is 0 Å². The number of aliphatic hydroxyl groups is 1. The van der Waals surface area contributed by atoms with Crippen molar-refractivity contribution in [1.29, 1.82) is 0 Å². The van der Waals surface area contributed by atoms with Crippen LogP contribution in [0.25, 0.3) is 0 Å². The maximum absolute atomic E-state index is 13.5. The smallest absolute Gasteiger partial charge is 0.339 e. The molecule has 7 atom stereocenters. The summed E-state index contributed by atoms with van der Waals surface area (Å²) in [5.74, 6) is 0.204. The van der Waals surface area contributed by atoms with Gasteiger partial charge < -0.3 is 9.84 Å². The van der Waals surface area contributed by atoms with Crippen molar-refractivity contribution in [3.05, 3.63) is 47.5 Å². The maximum atomic E-state index is 13.5. The molecular formula is C29H36O5. The van der Waals surface area contributed by atoms with Crippen LogP contribution in [0.15, 0.2) is 42.0 Å². The molecule has 182 valence electrons. The SMILES string of the molecule is C[C@@H]1C[C@H]2[C@@H]3CC[C@H]4CC(=O)CC[C@]4(C)C3=CC[C@]2(C)[C@]1(OC(=O)c1ccccc1)C(=O)CO. The summed E-state index contributed by atoms with van der Waals surface area (Å²) in [6.07, 6.45) is 8.00. The van der Waals surface area contributed by atoms with Crippen molar-refractivity contribution in [3.8, 4) is 0 Å². The van der Waals surface area contributed by atoms with Crippen molar-refractivity contribution in [1.82, 2.24) is 0 Å². The Bertz CT molecular complexity index is 1040. The summed E-state index contributed by atoms with van der Waals surface area (Å²) in [7, 11) is 0. The fourth-order valence-electron chi connectivity index (χ4n) is 8.41. The van der Waals surface area contributed by atoms with E-state index in [1.54, 1.807) is 24.3 Å². The first-order valence-electron chi connectivity index (χ1n) is 12.8. The van der Waals surface area contributed by atoms with Crippen molar-refractivity contribution in [2.45, 2.75) is 71.3 Å². The van der Waals surface area contributed by atoms with E-state index < -0.39 is 29.4 Å². The maximum Gasteiger partial charge on any atom is 0.339 e. The summed E-state index contributed by atoms with van der Waals surface area (Å²) in [5, 5.41) is 10.0. The third kappa shape index (κ3) is 3.12. The van der Waals surface area contributed by atoms with Crippen LogP contribution < -0.4 is 0 Å². The van der Waals surface area contributed by atoms with Crippen LogP contribution in [0.5, 0.6) is 0 Å². The molecule has 0 spiro atoms. The van der Waals surface area contributed by atoms with Crippen LogP contribution in [0.4, 0.5) is 0 Å². The number of hydrogen-bond donors (Lipinski definition) is 1. The lowest BCUT2D eigenvalue weighted by Crippen LogP contribution is -2.60. The van der Waals surface area contributed by atoms with E-state index in [0.29, 0.717) is 42.4 Å². The van der Waals surface area contributed by atoms with E-state index in [0.717, 1.165) is 25.7 Å². The molecule has 1 aromatic rings. The van der Waals surface area contributed by atoms with Crippen molar-refractivity contribution >= 4 is 17.5 Å². The molecule has 3 fully saturated rings. The molecule has 4 aliphatic rings. The third-order valence-corrected chi connectivity index (χ3v) is 10.2. The predicted octanol–water partition coefficient (Wildman–Crippen LogP) is 4.92. The molecular weight excluding hydrogens is 428 g/mol. The van der Waals surface area contributed by atoms with Crippen molar-refractivity contribution in [3.63, 3.8) is 0 Å². The van der Waals surface area contributed by atoms with Crippen LogP contribution in [-0.2, 0) is 14.3 Å². The first-order valence-corrected chi connectivity index (χ1v) is 12.8.